The molecule has 0 aromatic rings. The molecule has 1 aliphatic rings. The van der Waals surface area contributed by atoms with E-state index in [4.69, 9.17) is 5.11 Å². The first-order chi connectivity index (χ1) is 4.77. The first kappa shape index (κ1) is 7.98. The summed E-state index contributed by atoms with van der Waals surface area (Å²) in [6, 6.07) is 0. The summed E-state index contributed by atoms with van der Waals surface area (Å²) < 4.78 is 0. The highest BCUT2D eigenvalue weighted by atomic mass is 16.3. The number of rotatable bonds is 1. The molecule has 1 fully saturated rings. The first-order valence-electron chi connectivity index (χ1n) is 3.81. The Kier molecular flexibility index (Phi) is 2.65. The average Bonchev–Trinajstić information content (AvgIpc) is 2.15. The van der Waals surface area contributed by atoms with Crippen LogP contribution in [0.3, 0.4) is 0 Å². The van der Waals surface area contributed by atoms with Gasteiger partial charge >= 0.3 is 0 Å². The summed E-state index contributed by atoms with van der Waals surface area (Å²) in [6.45, 7) is 1.67. The zero-order valence-electron chi connectivity index (χ0n) is 6.14. The molecule has 3 heteroatoms. The minimum absolute atomic E-state index is 0.103. The third-order valence-electron chi connectivity index (χ3n) is 2.06. The Morgan fingerprint density at radius 1 is 1.30 bits per heavy atom. The Balaban J connectivity index is 2.41. The van der Waals surface area contributed by atoms with Crippen LogP contribution in [0.15, 0.2) is 0 Å². The number of hydrogen-bond donors (Lipinski definition) is 3. The van der Waals surface area contributed by atoms with Crippen molar-refractivity contribution < 1.29 is 10.2 Å². The summed E-state index contributed by atoms with van der Waals surface area (Å²) in [5, 5.41) is 21.5. The quantitative estimate of drug-likeness (QED) is 0.465. The molecular weight excluding hydrogens is 130 g/mol. The lowest BCUT2D eigenvalue weighted by atomic mass is 9.96. The molecule has 0 aromatic heterocycles. The van der Waals surface area contributed by atoms with E-state index in [0.717, 1.165) is 25.9 Å². The first-order valence-corrected chi connectivity index (χ1v) is 3.81. The topological polar surface area (TPSA) is 52.5 Å². The largest absolute Gasteiger partial charge is 0.393 e. The molecule has 0 bridgehead atoms. The highest BCUT2D eigenvalue weighted by molar-refractivity contribution is 4.80. The van der Waals surface area contributed by atoms with E-state index >= 15 is 0 Å². The molecule has 1 aliphatic heterocycles. The van der Waals surface area contributed by atoms with Crippen molar-refractivity contribution in [2.24, 2.45) is 0 Å². The van der Waals surface area contributed by atoms with E-state index in [0.29, 0.717) is 6.42 Å². The predicted molar refractivity (Wildman–Crippen MR) is 38.8 cm³/mol. The monoisotopic (exact) mass is 145 g/mol. The van der Waals surface area contributed by atoms with Gasteiger partial charge in [-0.15, -0.1) is 0 Å². The average molecular weight is 145 g/mol. The van der Waals surface area contributed by atoms with Gasteiger partial charge in [0.2, 0.25) is 0 Å². The summed E-state index contributed by atoms with van der Waals surface area (Å²) in [5.74, 6) is 0. The van der Waals surface area contributed by atoms with E-state index < -0.39 is 5.60 Å². The third kappa shape index (κ3) is 1.94. The van der Waals surface area contributed by atoms with Crippen LogP contribution in [0.4, 0.5) is 0 Å². The van der Waals surface area contributed by atoms with Crippen LogP contribution in [0.25, 0.3) is 0 Å². The van der Waals surface area contributed by atoms with Crippen molar-refractivity contribution in [3.8, 4) is 0 Å². The van der Waals surface area contributed by atoms with Gasteiger partial charge in [-0.05, 0) is 32.4 Å². The third-order valence-corrected chi connectivity index (χ3v) is 2.06. The second kappa shape index (κ2) is 3.32. The lowest BCUT2D eigenvalue weighted by Crippen LogP contribution is -2.33. The molecule has 1 heterocycles. The SMILES string of the molecule is OC[C@@]1(O)CCCNCC1. The standard InChI is InChI=1S/C7H15NO2/c9-6-7(10)2-1-4-8-5-3-7/h8-10H,1-6H2/t7-/m1/s1. The van der Waals surface area contributed by atoms with Gasteiger partial charge in [0, 0.05) is 0 Å². The second-order valence-corrected chi connectivity index (χ2v) is 2.99. The molecule has 1 saturated heterocycles. The van der Waals surface area contributed by atoms with E-state index in [1.165, 1.54) is 0 Å². The summed E-state index contributed by atoms with van der Waals surface area (Å²) in [4.78, 5) is 0. The molecular formula is C7H15NO2. The molecule has 0 radical (unpaired) electrons. The lowest BCUT2D eigenvalue weighted by molar-refractivity contribution is -0.0235. The van der Waals surface area contributed by atoms with Gasteiger partial charge in [-0.3, -0.25) is 0 Å². The molecule has 0 amide bonds. The number of aliphatic hydroxyl groups excluding tert-OH is 1. The summed E-state index contributed by atoms with van der Waals surface area (Å²) in [6.07, 6.45) is 2.34. The van der Waals surface area contributed by atoms with E-state index in [2.05, 4.69) is 5.32 Å². The highest BCUT2D eigenvalue weighted by Crippen LogP contribution is 2.17. The molecule has 0 spiro atoms. The van der Waals surface area contributed by atoms with Gasteiger partial charge in [0.05, 0.1) is 12.2 Å². The molecule has 3 nitrogen and oxygen atoms in total. The maximum absolute atomic E-state index is 9.57. The molecule has 60 valence electrons. The van der Waals surface area contributed by atoms with Crippen molar-refractivity contribution in [1.82, 2.24) is 5.32 Å². The molecule has 10 heavy (non-hydrogen) atoms. The second-order valence-electron chi connectivity index (χ2n) is 2.99. The Bertz CT molecular complexity index is 97.8. The fourth-order valence-electron chi connectivity index (χ4n) is 1.27. The van der Waals surface area contributed by atoms with Crippen LogP contribution < -0.4 is 5.32 Å². The van der Waals surface area contributed by atoms with Crippen molar-refractivity contribution >= 4 is 0 Å². The summed E-state index contributed by atoms with van der Waals surface area (Å²) >= 11 is 0. The maximum atomic E-state index is 9.57. The maximum Gasteiger partial charge on any atom is 0.0889 e. The van der Waals surface area contributed by atoms with Crippen LogP contribution in [0.5, 0.6) is 0 Å². The Hall–Kier alpha value is -0.120. The fourth-order valence-corrected chi connectivity index (χ4v) is 1.27. The van der Waals surface area contributed by atoms with Crippen LogP contribution in [0.1, 0.15) is 19.3 Å². The molecule has 0 unspecified atom stereocenters. The van der Waals surface area contributed by atoms with Crippen molar-refractivity contribution in [3.05, 3.63) is 0 Å². The van der Waals surface area contributed by atoms with Crippen LogP contribution in [-0.2, 0) is 0 Å². The Morgan fingerprint density at radius 2 is 2.10 bits per heavy atom. The summed E-state index contributed by atoms with van der Waals surface area (Å²) in [7, 11) is 0. The van der Waals surface area contributed by atoms with Crippen molar-refractivity contribution in [3.63, 3.8) is 0 Å². The fraction of sp³-hybridized carbons (Fsp3) is 1.00. The van der Waals surface area contributed by atoms with E-state index in [-0.39, 0.29) is 6.61 Å². The Morgan fingerprint density at radius 3 is 2.80 bits per heavy atom. The zero-order valence-corrected chi connectivity index (χ0v) is 6.14. The van der Waals surface area contributed by atoms with Crippen LogP contribution in [0, 0.1) is 0 Å². The van der Waals surface area contributed by atoms with Gasteiger partial charge in [0.15, 0.2) is 0 Å². The minimum Gasteiger partial charge on any atom is -0.393 e. The number of hydrogen-bond acceptors (Lipinski definition) is 3. The van der Waals surface area contributed by atoms with Crippen molar-refractivity contribution in [2.45, 2.75) is 24.9 Å². The Labute approximate surface area is 61.1 Å². The van der Waals surface area contributed by atoms with E-state index in [1.54, 1.807) is 0 Å². The van der Waals surface area contributed by atoms with E-state index in [9.17, 15) is 5.11 Å². The smallest absolute Gasteiger partial charge is 0.0889 e. The van der Waals surface area contributed by atoms with Gasteiger partial charge in [-0.25, -0.2) is 0 Å². The number of nitrogens with one attached hydrogen (secondary N) is 1. The molecule has 1 atom stereocenters. The summed E-state index contributed by atoms with van der Waals surface area (Å²) in [5.41, 5.74) is -0.802. The van der Waals surface area contributed by atoms with Crippen molar-refractivity contribution in [1.29, 1.82) is 0 Å². The van der Waals surface area contributed by atoms with Crippen molar-refractivity contribution in [2.75, 3.05) is 19.7 Å². The zero-order chi connectivity index (χ0) is 7.45. The van der Waals surface area contributed by atoms with Gasteiger partial charge in [-0.1, -0.05) is 0 Å². The number of aliphatic hydroxyl groups is 2. The lowest BCUT2D eigenvalue weighted by Gasteiger charge is -2.22. The normalized spacial score (nSPS) is 35.4. The minimum atomic E-state index is -0.802. The van der Waals surface area contributed by atoms with E-state index in [1.807, 2.05) is 0 Å². The van der Waals surface area contributed by atoms with Gasteiger partial charge in [0.1, 0.15) is 0 Å². The van der Waals surface area contributed by atoms with Gasteiger partial charge in [0.25, 0.3) is 0 Å². The highest BCUT2D eigenvalue weighted by Gasteiger charge is 2.26. The molecule has 3 N–H and O–H groups in total. The predicted octanol–water partition coefficient (Wildman–Crippen LogP) is -0.517. The van der Waals surface area contributed by atoms with Crippen LogP contribution >= 0.6 is 0 Å². The van der Waals surface area contributed by atoms with Crippen LogP contribution in [-0.4, -0.2) is 35.5 Å². The molecule has 1 rings (SSSR count). The molecule has 0 aliphatic carbocycles. The van der Waals surface area contributed by atoms with Gasteiger partial charge < -0.3 is 15.5 Å². The van der Waals surface area contributed by atoms with Gasteiger partial charge in [-0.2, -0.15) is 0 Å². The molecule has 0 aromatic carbocycles. The van der Waals surface area contributed by atoms with Crippen LogP contribution in [0.2, 0.25) is 0 Å². The molecule has 0 saturated carbocycles.